The molecule has 1 amide bonds. The summed E-state index contributed by atoms with van der Waals surface area (Å²) in [4.78, 5) is 28.4. The van der Waals surface area contributed by atoms with Crippen LogP contribution in [0.2, 0.25) is 0 Å². The molecule has 2 aliphatic heterocycles. The topological polar surface area (TPSA) is 85.3 Å². The SMILES string of the molecule is C=CCOc1ccc([C@@H]2C(=C(O)c3ccc4c(c3)C[C@@H](C)O4)C(=O)C(=O)N2Cc2ccccc2)cc1OCC. The third-order valence-corrected chi connectivity index (χ3v) is 6.85. The number of carbonyl (C=O) groups excluding carboxylic acids is 2. The van der Waals surface area contributed by atoms with Gasteiger partial charge in [-0.3, -0.25) is 9.59 Å². The van der Waals surface area contributed by atoms with Crippen molar-refractivity contribution < 1.29 is 28.9 Å². The summed E-state index contributed by atoms with van der Waals surface area (Å²) in [5, 5.41) is 11.5. The Kier molecular flexibility index (Phi) is 7.41. The van der Waals surface area contributed by atoms with Gasteiger partial charge in [0.15, 0.2) is 11.5 Å². The maximum atomic E-state index is 13.5. The molecular weight excluding hydrogens is 494 g/mol. The normalized spacial score (nSPS) is 19.5. The highest BCUT2D eigenvalue weighted by molar-refractivity contribution is 6.46. The third-order valence-electron chi connectivity index (χ3n) is 6.85. The summed E-state index contributed by atoms with van der Waals surface area (Å²) >= 11 is 0. The molecule has 0 aliphatic carbocycles. The van der Waals surface area contributed by atoms with Crippen LogP contribution >= 0.6 is 0 Å². The predicted molar refractivity (Wildman–Crippen MR) is 148 cm³/mol. The fourth-order valence-corrected chi connectivity index (χ4v) is 5.13. The van der Waals surface area contributed by atoms with Crippen molar-refractivity contribution in [1.29, 1.82) is 0 Å². The first-order valence-corrected chi connectivity index (χ1v) is 13.0. The van der Waals surface area contributed by atoms with Crippen LogP contribution in [-0.4, -0.2) is 41.0 Å². The molecule has 1 fully saturated rings. The number of likely N-dealkylation sites (tertiary alicyclic amines) is 1. The minimum atomic E-state index is -0.832. The van der Waals surface area contributed by atoms with E-state index < -0.39 is 17.7 Å². The maximum Gasteiger partial charge on any atom is 0.295 e. The first-order chi connectivity index (χ1) is 18.9. The number of hydrogen-bond acceptors (Lipinski definition) is 6. The standard InChI is InChI=1S/C32H31NO6/c1-4-15-38-26-14-11-22(18-27(26)37-5-2)29-28(30(34)23-12-13-25-24(17-23)16-20(3)39-25)31(35)32(36)33(29)19-21-9-7-6-8-10-21/h4,6-14,17-18,20,29,34H,1,5,15-16,19H2,2-3H3/t20-,29-/m1/s1. The Morgan fingerprint density at radius 1 is 1.08 bits per heavy atom. The zero-order valence-electron chi connectivity index (χ0n) is 22.1. The molecule has 2 aliphatic rings. The van der Waals surface area contributed by atoms with Gasteiger partial charge in [-0.15, -0.1) is 0 Å². The van der Waals surface area contributed by atoms with E-state index in [4.69, 9.17) is 14.2 Å². The van der Waals surface area contributed by atoms with Crippen molar-refractivity contribution in [3.8, 4) is 17.2 Å². The Labute approximate surface area is 227 Å². The quantitative estimate of drug-likeness (QED) is 0.170. The van der Waals surface area contributed by atoms with Crippen LogP contribution in [0.3, 0.4) is 0 Å². The van der Waals surface area contributed by atoms with Gasteiger partial charge in [-0.05, 0) is 60.9 Å². The van der Waals surface area contributed by atoms with Gasteiger partial charge in [-0.1, -0.05) is 49.1 Å². The largest absolute Gasteiger partial charge is 0.507 e. The van der Waals surface area contributed by atoms with E-state index in [0.29, 0.717) is 42.3 Å². The van der Waals surface area contributed by atoms with Crippen LogP contribution in [-0.2, 0) is 22.6 Å². The van der Waals surface area contributed by atoms with Crippen molar-refractivity contribution in [3.05, 3.63) is 107 Å². The van der Waals surface area contributed by atoms with E-state index >= 15 is 0 Å². The highest BCUT2D eigenvalue weighted by Crippen LogP contribution is 2.43. The number of ether oxygens (including phenoxy) is 3. The molecule has 7 nitrogen and oxygen atoms in total. The van der Waals surface area contributed by atoms with E-state index in [1.807, 2.05) is 50.2 Å². The van der Waals surface area contributed by atoms with E-state index in [2.05, 4.69) is 6.58 Å². The Hall–Kier alpha value is -4.52. The van der Waals surface area contributed by atoms with Crippen molar-refractivity contribution in [2.75, 3.05) is 13.2 Å². The minimum Gasteiger partial charge on any atom is -0.507 e. The van der Waals surface area contributed by atoms with Gasteiger partial charge >= 0.3 is 0 Å². The summed E-state index contributed by atoms with van der Waals surface area (Å²) in [6.45, 7) is 8.43. The van der Waals surface area contributed by atoms with Crippen LogP contribution in [0.15, 0.2) is 85.0 Å². The lowest BCUT2D eigenvalue weighted by Crippen LogP contribution is -2.29. The van der Waals surface area contributed by atoms with Crippen molar-refractivity contribution in [1.82, 2.24) is 4.90 Å². The van der Waals surface area contributed by atoms with Gasteiger partial charge in [0.25, 0.3) is 11.7 Å². The number of carbonyl (C=O) groups is 2. The van der Waals surface area contributed by atoms with Crippen molar-refractivity contribution >= 4 is 17.4 Å². The number of benzene rings is 3. The smallest absolute Gasteiger partial charge is 0.295 e. The molecule has 0 unspecified atom stereocenters. The van der Waals surface area contributed by atoms with Crippen LogP contribution in [0.4, 0.5) is 0 Å². The Morgan fingerprint density at radius 3 is 2.62 bits per heavy atom. The van der Waals surface area contributed by atoms with Crippen LogP contribution in [0.1, 0.15) is 42.1 Å². The summed E-state index contributed by atoms with van der Waals surface area (Å²) in [5.41, 5.74) is 2.93. The Bertz CT molecular complexity index is 1440. The second-order valence-corrected chi connectivity index (χ2v) is 9.61. The molecule has 0 aromatic heterocycles. The lowest BCUT2D eigenvalue weighted by molar-refractivity contribution is -0.140. The molecular formula is C32H31NO6. The second kappa shape index (κ2) is 11.1. The number of Topliss-reactive ketones (excluding diaryl/α,β-unsaturated/α-hetero) is 1. The molecule has 1 N–H and O–H groups in total. The van der Waals surface area contributed by atoms with Crippen LogP contribution in [0, 0.1) is 0 Å². The zero-order chi connectivity index (χ0) is 27.5. The highest BCUT2D eigenvalue weighted by atomic mass is 16.5. The van der Waals surface area contributed by atoms with Gasteiger partial charge in [0.05, 0.1) is 18.2 Å². The summed E-state index contributed by atoms with van der Waals surface area (Å²) < 4.78 is 17.4. The van der Waals surface area contributed by atoms with E-state index in [-0.39, 0.29) is 24.0 Å². The summed E-state index contributed by atoms with van der Waals surface area (Å²) in [5.74, 6) is 0.133. The zero-order valence-corrected chi connectivity index (χ0v) is 22.1. The number of aliphatic hydroxyl groups is 1. The number of fused-ring (bicyclic) bond motifs is 1. The van der Waals surface area contributed by atoms with Crippen molar-refractivity contribution in [3.63, 3.8) is 0 Å². The number of rotatable bonds is 9. The van der Waals surface area contributed by atoms with Crippen molar-refractivity contribution in [2.24, 2.45) is 0 Å². The summed E-state index contributed by atoms with van der Waals surface area (Å²) in [7, 11) is 0. The van der Waals surface area contributed by atoms with Gasteiger partial charge in [-0.2, -0.15) is 0 Å². The fourth-order valence-electron chi connectivity index (χ4n) is 5.13. The average molecular weight is 526 g/mol. The van der Waals surface area contributed by atoms with E-state index in [0.717, 1.165) is 16.9 Å². The highest BCUT2D eigenvalue weighted by Gasteiger charge is 2.46. The van der Waals surface area contributed by atoms with Gasteiger partial charge in [-0.25, -0.2) is 0 Å². The van der Waals surface area contributed by atoms with Gasteiger partial charge in [0.1, 0.15) is 24.2 Å². The molecule has 0 radical (unpaired) electrons. The third kappa shape index (κ3) is 5.12. The Balaban J connectivity index is 1.64. The van der Waals surface area contributed by atoms with Crippen molar-refractivity contribution in [2.45, 2.75) is 39.0 Å². The van der Waals surface area contributed by atoms with Gasteiger partial charge in [0.2, 0.25) is 0 Å². The average Bonchev–Trinajstić information content (AvgIpc) is 3.43. The molecule has 0 saturated carbocycles. The number of hydrogen-bond donors (Lipinski definition) is 1. The van der Waals surface area contributed by atoms with E-state index in [9.17, 15) is 14.7 Å². The number of nitrogens with zero attached hydrogens (tertiary/aromatic N) is 1. The maximum absolute atomic E-state index is 13.5. The second-order valence-electron chi connectivity index (χ2n) is 9.61. The lowest BCUT2D eigenvalue weighted by Gasteiger charge is -2.26. The van der Waals surface area contributed by atoms with Crippen LogP contribution < -0.4 is 14.2 Å². The molecule has 0 spiro atoms. The van der Waals surface area contributed by atoms with E-state index in [1.165, 1.54) is 4.90 Å². The predicted octanol–water partition coefficient (Wildman–Crippen LogP) is 5.60. The molecule has 7 heteroatoms. The van der Waals surface area contributed by atoms with Gasteiger partial charge < -0.3 is 24.2 Å². The molecule has 3 aromatic rings. The number of ketones is 1. The first kappa shape index (κ1) is 26.1. The van der Waals surface area contributed by atoms with E-state index in [1.54, 1.807) is 36.4 Å². The fraction of sp³-hybridized carbons (Fsp3) is 0.250. The van der Waals surface area contributed by atoms with Crippen LogP contribution in [0.5, 0.6) is 17.2 Å². The summed E-state index contributed by atoms with van der Waals surface area (Å²) in [6.07, 6.45) is 2.38. The number of amides is 1. The van der Waals surface area contributed by atoms with Gasteiger partial charge in [0, 0.05) is 18.5 Å². The number of aliphatic hydroxyl groups excluding tert-OH is 1. The Morgan fingerprint density at radius 2 is 1.87 bits per heavy atom. The molecule has 2 atom stereocenters. The van der Waals surface area contributed by atoms with Crippen LogP contribution in [0.25, 0.3) is 5.76 Å². The molecule has 5 rings (SSSR count). The molecule has 2 heterocycles. The molecule has 0 bridgehead atoms. The molecule has 1 saturated heterocycles. The minimum absolute atomic E-state index is 0.0325. The summed E-state index contributed by atoms with van der Waals surface area (Å²) in [6, 6.07) is 19.3. The molecule has 200 valence electrons. The monoisotopic (exact) mass is 525 g/mol. The molecule has 3 aromatic carbocycles. The lowest BCUT2D eigenvalue weighted by atomic mass is 9.94. The molecule has 39 heavy (non-hydrogen) atoms. The first-order valence-electron chi connectivity index (χ1n) is 13.0.